The van der Waals surface area contributed by atoms with Crippen molar-refractivity contribution in [3.05, 3.63) is 0 Å². The van der Waals surface area contributed by atoms with Gasteiger partial charge in [-0.3, -0.25) is 14.5 Å². The molecule has 2 fully saturated rings. The summed E-state index contributed by atoms with van der Waals surface area (Å²) < 4.78 is 0. The standard InChI is InChI=1S/C12H22N4O3/c13-8-1-3-15(4-2-8)7-11(18)16-6-9(17)5-10(16)12(14)19/h8-10,17H,1-7,13H2,(H2,14,19). The fourth-order valence-electron chi connectivity index (χ4n) is 2.75. The van der Waals surface area contributed by atoms with E-state index in [1.807, 2.05) is 4.90 Å². The lowest BCUT2D eigenvalue weighted by molar-refractivity contribution is -0.138. The maximum absolute atomic E-state index is 12.2. The Morgan fingerprint density at radius 2 is 1.89 bits per heavy atom. The molecule has 0 saturated carbocycles. The summed E-state index contributed by atoms with van der Waals surface area (Å²) >= 11 is 0. The van der Waals surface area contributed by atoms with Gasteiger partial charge in [0.05, 0.1) is 12.6 Å². The molecule has 19 heavy (non-hydrogen) atoms. The Morgan fingerprint density at radius 1 is 1.26 bits per heavy atom. The summed E-state index contributed by atoms with van der Waals surface area (Å²) in [7, 11) is 0. The SMILES string of the molecule is NC(=O)C1CC(O)CN1C(=O)CN1CCC(N)CC1. The molecule has 0 aromatic heterocycles. The summed E-state index contributed by atoms with van der Waals surface area (Å²) in [5, 5.41) is 9.58. The van der Waals surface area contributed by atoms with Gasteiger partial charge in [0.2, 0.25) is 11.8 Å². The van der Waals surface area contributed by atoms with Gasteiger partial charge < -0.3 is 21.5 Å². The van der Waals surface area contributed by atoms with Crippen molar-refractivity contribution < 1.29 is 14.7 Å². The molecular formula is C12H22N4O3. The molecule has 2 aliphatic heterocycles. The molecule has 2 heterocycles. The summed E-state index contributed by atoms with van der Waals surface area (Å²) in [5.41, 5.74) is 11.1. The normalized spacial score (nSPS) is 29.7. The Bertz CT molecular complexity index is 355. The lowest BCUT2D eigenvalue weighted by Crippen LogP contribution is -2.49. The van der Waals surface area contributed by atoms with Gasteiger partial charge in [-0.1, -0.05) is 0 Å². The number of amides is 2. The predicted octanol–water partition coefficient (Wildman–Crippen LogP) is -2.14. The highest BCUT2D eigenvalue weighted by Crippen LogP contribution is 2.18. The van der Waals surface area contributed by atoms with E-state index in [-0.39, 0.29) is 31.5 Å². The first kappa shape index (κ1) is 14.2. The molecule has 0 aliphatic carbocycles. The molecule has 0 radical (unpaired) electrons. The third-order valence-electron chi connectivity index (χ3n) is 3.92. The minimum absolute atomic E-state index is 0.143. The number of aliphatic hydroxyl groups is 1. The minimum Gasteiger partial charge on any atom is -0.391 e. The fourth-order valence-corrected chi connectivity index (χ4v) is 2.75. The van der Waals surface area contributed by atoms with E-state index in [4.69, 9.17) is 11.5 Å². The minimum atomic E-state index is -0.672. The number of piperidine rings is 1. The van der Waals surface area contributed by atoms with Gasteiger partial charge in [0.25, 0.3) is 0 Å². The summed E-state index contributed by atoms with van der Waals surface area (Å²) in [6.07, 6.45) is 1.35. The molecule has 108 valence electrons. The second kappa shape index (κ2) is 5.85. The van der Waals surface area contributed by atoms with Crippen LogP contribution < -0.4 is 11.5 Å². The molecule has 2 amide bonds. The molecule has 2 saturated heterocycles. The fraction of sp³-hybridized carbons (Fsp3) is 0.833. The number of rotatable bonds is 3. The van der Waals surface area contributed by atoms with Gasteiger partial charge in [-0.05, 0) is 12.8 Å². The average Bonchev–Trinajstić information content (AvgIpc) is 2.74. The van der Waals surface area contributed by atoms with Crippen LogP contribution in [0, 0.1) is 0 Å². The Morgan fingerprint density at radius 3 is 2.47 bits per heavy atom. The van der Waals surface area contributed by atoms with Crippen LogP contribution in [0.1, 0.15) is 19.3 Å². The number of hydrogen-bond donors (Lipinski definition) is 3. The van der Waals surface area contributed by atoms with Crippen LogP contribution in [0.5, 0.6) is 0 Å². The molecule has 2 aliphatic rings. The second-order valence-corrected chi connectivity index (χ2v) is 5.47. The van der Waals surface area contributed by atoms with Gasteiger partial charge >= 0.3 is 0 Å². The van der Waals surface area contributed by atoms with E-state index >= 15 is 0 Å². The second-order valence-electron chi connectivity index (χ2n) is 5.47. The van der Waals surface area contributed by atoms with E-state index in [0.717, 1.165) is 25.9 Å². The lowest BCUT2D eigenvalue weighted by Gasteiger charge is -2.31. The largest absolute Gasteiger partial charge is 0.391 e. The molecule has 0 spiro atoms. The number of carbonyl (C=O) groups excluding carboxylic acids is 2. The van der Waals surface area contributed by atoms with Crippen molar-refractivity contribution in [3.63, 3.8) is 0 Å². The summed E-state index contributed by atoms with van der Waals surface area (Å²) in [4.78, 5) is 26.9. The molecular weight excluding hydrogens is 248 g/mol. The lowest BCUT2D eigenvalue weighted by atomic mass is 10.1. The summed E-state index contributed by atoms with van der Waals surface area (Å²) in [5.74, 6) is -0.693. The Balaban J connectivity index is 1.90. The molecule has 0 bridgehead atoms. The number of primary amides is 1. The topological polar surface area (TPSA) is 113 Å². The van der Waals surface area contributed by atoms with E-state index < -0.39 is 18.1 Å². The molecule has 7 heteroatoms. The molecule has 0 aromatic rings. The Kier molecular flexibility index (Phi) is 4.38. The van der Waals surface area contributed by atoms with Crippen molar-refractivity contribution >= 4 is 11.8 Å². The Hall–Kier alpha value is -1.18. The van der Waals surface area contributed by atoms with Crippen LogP contribution in [0.4, 0.5) is 0 Å². The third-order valence-corrected chi connectivity index (χ3v) is 3.92. The van der Waals surface area contributed by atoms with Gasteiger partial charge in [0, 0.05) is 32.1 Å². The number of nitrogens with two attached hydrogens (primary N) is 2. The van der Waals surface area contributed by atoms with Crippen LogP contribution in [-0.4, -0.2) is 71.1 Å². The highest BCUT2D eigenvalue weighted by atomic mass is 16.3. The van der Waals surface area contributed by atoms with Crippen LogP contribution in [0.2, 0.25) is 0 Å². The average molecular weight is 270 g/mol. The van der Waals surface area contributed by atoms with Crippen LogP contribution in [0.3, 0.4) is 0 Å². The number of carbonyl (C=O) groups is 2. The van der Waals surface area contributed by atoms with E-state index in [1.54, 1.807) is 0 Å². The van der Waals surface area contributed by atoms with Gasteiger partial charge in [0.15, 0.2) is 0 Å². The molecule has 2 unspecified atom stereocenters. The number of hydrogen-bond acceptors (Lipinski definition) is 5. The quantitative estimate of drug-likeness (QED) is 0.541. The molecule has 5 N–H and O–H groups in total. The Labute approximate surface area is 112 Å². The van der Waals surface area contributed by atoms with Crippen LogP contribution in [0.25, 0.3) is 0 Å². The number of likely N-dealkylation sites (tertiary alicyclic amines) is 2. The van der Waals surface area contributed by atoms with Crippen molar-refractivity contribution in [3.8, 4) is 0 Å². The number of β-amino-alcohol motifs (C(OH)–C–C–N with tert-alkyl or cyclic N) is 1. The van der Waals surface area contributed by atoms with E-state index in [1.165, 1.54) is 4.90 Å². The summed E-state index contributed by atoms with van der Waals surface area (Å²) in [6.45, 7) is 2.05. The molecule has 2 rings (SSSR count). The van der Waals surface area contributed by atoms with Crippen molar-refractivity contribution in [1.29, 1.82) is 0 Å². The first-order valence-corrected chi connectivity index (χ1v) is 6.72. The van der Waals surface area contributed by atoms with Gasteiger partial charge in [-0.25, -0.2) is 0 Å². The van der Waals surface area contributed by atoms with E-state index in [0.29, 0.717) is 0 Å². The summed E-state index contributed by atoms with van der Waals surface area (Å²) in [6, 6.07) is -0.451. The van der Waals surface area contributed by atoms with E-state index in [9.17, 15) is 14.7 Å². The zero-order valence-electron chi connectivity index (χ0n) is 11.0. The van der Waals surface area contributed by atoms with Crippen LogP contribution >= 0.6 is 0 Å². The monoisotopic (exact) mass is 270 g/mol. The van der Waals surface area contributed by atoms with Crippen molar-refractivity contribution in [2.24, 2.45) is 11.5 Å². The zero-order chi connectivity index (χ0) is 14.0. The maximum Gasteiger partial charge on any atom is 0.240 e. The zero-order valence-corrected chi connectivity index (χ0v) is 11.0. The van der Waals surface area contributed by atoms with Crippen molar-refractivity contribution in [2.45, 2.75) is 37.5 Å². The first-order chi connectivity index (χ1) is 8.97. The maximum atomic E-state index is 12.2. The van der Waals surface area contributed by atoms with E-state index in [2.05, 4.69) is 0 Å². The highest BCUT2D eigenvalue weighted by molar-refractivity contribution is 5.88. The highest BCUT2D eigenvalue weighted by Gasteiger charge is 2.38. The van der Waals surface area contributed by atoms with Crippen molar-refractivity contribution in [1.82, 2.24) is 9.80 Å². The molecule has 0 aromatic carbocycles. The van der Waals surface area contributed by atoms with Crippen LogP contribution in [0.15, 0.2) is 0 Å². The van der Waals surface area contributed by atoms with Crippen LogP contribution in [-0.2, 0) is 9.59 Å². The molecule has 2 atom stereocenters. The first-order valence-electron chi connectivity index (χ1n) is 6.72. The smallest absolute Gasteiger partial charge is 0.240 e. The van der Waals surface area contributed by atoms with Gasteiger partial charge in [0.1, 0.15) is 6.04 Å². The van der Waals surface area contributed by atoms with Crippen molar-refractivity contribution in [2.75, 3.05) is 26.2 Å². The van der Waals surface area contributed by atoms with Gasteiger partial charge in [-0.2, -0.15) is 0 Å². The number of aliphatic hydroxyl groups excluding tert-OH is 1. The number of nitrogens with zero attached hydrogens (tertiary/aromatic N) is 2. The predicted molar refractivity (Wildman–Crippen MR) is 69.0 cm³/mol. The third kappa shape index (κ3) is 3.43. The van der Waals surface area contributed by atoms with Gasteiger partial charge in [-0.15, -0.1) is 0 Å². The molecule has 7 nitrogen and oxygen atoms in total.